The Labute approximate surface area is 199 Å². The predicted octanol–water partition coefficient (Wildman–Crippen LogP) is 4.03. The van der Waals surface area contributed by atoms with Gasteiger partial charge in [0.15, 0.2) is 0 Å². The zero-order valence-corrected chi connectivity index (χ0v) is 19.8. The number of para-hydroxylation sites is 1. The van der Waals surface area contributed by atoms with Gasteiger partial charge in [0.25, 0.3) is 0 Å². The summed E-state index contributed by atoms with van der Waals surface area (Å²) in [7, 11) is -3.68. The van der Waals surface area contributed by atoms with E-state index in [9.17, 15) is 13.2 Å². The molecule has 1 aromatic heterocycles. The normalized spacial score (nSPS) is 18.9. The Bertz CT molecular complexity index is 1220. The lowest BCUT2D eigenvalue weighted by Crippen LogP contribution is -2.48. The van der Waals surface area contributed by atoms with Gasteiger partial charge in [-0.3, -0.25) is 4.98 Å². The fourth-order valence-corrected chi connectivity index (χ4v) is 5.31. The van der Waals surface area contributed by atoms with Crippen LogP contribution in [-0.4, -0.2) is 49.0 Å². The summed E-state index contributed by atoms with van der Waals surface area (Å²) in [5.41, 5.74) is 0.947. The molecule has 2 heterocycles. The Morgan fingerprint density at radius 3 is 2.41 bits per heavy atom. The highest BCUT2D eigenvalue weighted by Gasteiger charge is 2.32. The molecular formula is C25H26N2O6S. The molecule has 0 N–H and O–H groups in total. The molecule has 178 valence electrons. The van der Waals surface area contributed by atoms with Crippen LogP contribution >= 0.6 is 0 Å². The van der Waals surface area contributed by atoms with Crippen molar-refractivity contribution in [2.45, 2.75) is 37.6 Å². The number of esters is 1. The second-order valence-corrected chi connectivity index (χ2v) is 10.0. The monoisotopic (exact) mass is 482 g/mol. The third kappa shape index (κ3) is 5.61. The number of hydrogen-bond acceptors (Lipinski definition) is 7. The second-order valence-electron chi connectivity index (χ2n) is 8.08. The number of rotatable bonds is 7. The van der Waals surface area contributed by atoms with Gasteiger partial charge in [0.05, 0.1) is 28.9 Å². The van der Waals surface area contributed by atoms with E-state index >= 15 is 0 Å². The molecule has 1 fully saturated rings. The van der Waals surface area contributed by atoms with Crippen LogP contribution in [0.3, 0.4) is 0 Å². The van der Waals surface area contributed by atoms with E-state index in [-0.39, 0.29) is 42.4 Å². The Balaban J connectivity index is 1.41. The van der Waals surface area contributed by atoms with Gasteiger partial charge in [-0.05, 0) is 56.3 Å². The van der Waals surface area contributed by atoms with E-state index in [1.807, 2.05) is 26.0 Å². The largest absolute Gasteiger partial charge is 0.457 e. The van der Waals surface area contributed by atoms with E-state index in [2.05, 4.69) is 4.98 Å². The maximum atomic E-state index is 13.0. The molecule has 0 saturated carbocycles. The summed E-state index contributed by atoms with van der Waals surface area (Å²) >= 11 is 0. The number of aromatic nitrogens is 1. The molecule has 34 heavy (non-hydrogen) atoms. The topological polar surface area (TPSA) is 95.0 Å². The van der Waals surface area contributed by atoms with Crippen molar-refractivity contribution in [3.8, 4) is 11.5 Å². The fraction of sp³-hybridized carbons (Fsp3) is 0.280. The smallest absolute Gasteiger partial charge is 0.338 e. The molecule has 2 aromatic carbocycles. The van der Waals surface area contributed by atoms with E-state index in [0.29, 0.717) is 17.1 Å². The summed E-state index contributed by atoms with van der Waals surface area (Å²) in [6.45, 7) is 4.27. The highest BCUT2D eigenvalue weighted by Crippen LogP contribution is 2.26. The minimum absolute atomic E-state index is 0.00112. The molecule has 0 amide bonds. The lowest BCUT2D eigenvalue weighted by atomic mass is 10.2. The van der Waals surface area contributed by atoms with E-state index in [1.165, 1.54) is 28.6 Å². The molecule has 4 rings (SSSR count). The first-order valence-corrected chi connectivity index (χ1v) is 12.4. The van der Waals surface area contributed by atoms with Crippen molar-refractivity contribution >= 4 is 16.0 Å². The van der Waals surface area contributed by atoms with Crippen molar-refractivity contribution in [3.63, 3.8) is 0 Å². The Morgan fingerprint density at radius 1 is 1.03 bits per heavy atom. The molecule has 2 unspecified atom stereocenters. The zero-order valence-electron chi connectivity index (χ0n) is 19.0. The van der Waals surface area contributed by atoms with E-state index in [4.69, 9.17) is 14.2 Å². The summed E-state index contributed by atoms with van der Waals surface area (Å²) in [5, 5.41) is 0. The number of nitrogens with zero attached hydrogens (tertiary/aromatic N) is 2. The van der Waals surface area contributed by atoms with E-state index in [0.717, 1.165) is 0 Å². The number of hydrogen-bond donors (Lipinski definition) is 0. The molecule has 1 aliphatic heterocycles. The SMILES string of the molecule is CC1CN(S(=O)(=O)c2ccc(C(=O)OCc3ccccc3Oc3cccnc3)cc2)CC(C)O1. The van der Waals surface area contributed by atoms with Crippen LogP contribution in [0.5, 0.6) is 11.5 Å². The third-order valence-electron chi connectivity index (χ3n) is 5.31. The first-order chi connectivity index (χ1) is 16.3. The predicted molar refractivity (Wildman–Crippen MR) is 125 cm³/mol. The molecule has 3 aromatic rings. The van der Waals surface area contributed by atoms with Crippen molar-refractivity contribution in [2.24, 2.45) is 0 Å². The van der Waals surface area contributed by atoms with Crippen molar-refractivity contribution < 1.29 is 27.4 Å². The lowest BCUT2D eigenvalue weighted by Gasteiger charge is -2.34. The van der Waals surface area contributed by atoms with Crippen LogP contribution in [0.25, 0.3) is 0 Å². The molecule has 0 bridgehead atoms. The fourth-order valence-electron chi connectivity index (χ4n) is 3.72. The number of morpholine rings is 1. The van der Waals surface area contributed by atoms with Gasteiger partial charge in [-0.1, -0.05) is 18.2 Å². The number of carbonyl (C=O) groups excluding carboxylic acids is 1. The summed E-state index contributed by atoms with van der Waals surface area (Å²) in [4.78, 5) is 16.7. The minimum atomic E-state index is -3.68. The van der Waals surface area contributed by atoms with Crippen molar-refractivity contribution in [1.82, 2.24) is 9.29 Å². The van der Waals surface area contributed by atoms with Crippen LogP contribution in [0.4, 0.5) is 0 Å². The van der Waals surface area contributed by atoms with Crippen LogP contribution in [0.15, 0.2) is 78.0 Å². The molecule has 2 atom stereocenters. The molecule has 8 nitrogen and oxygen atoms in total. The number of pyridine rings is 1. The second kappa shape index (κ2) is 10.3. The summed E-state index contributed by atoms with van der Waals surface area (Å²) in [6.07, 6.45) is 2.88. The maximum Gasteiger partial charge on any atom is 0.338 e. The summed E-state index contributed by atoms with van der Waals surface area (Å²) in [6, 6.07) is 16.6. The third-order valence-corrected chi connectivity index (χ3v) is 7.15. The van der Waals surface area contributed by atoms with Gasteiger partial charge in [-0.15, -0.1) is 0 Å². The van der Waals surface area contributed by atoms with Crippen LogP contribution in [-0.2, 0) is 26.1 Å². The van der Waals surface area contributed by atoms with E-state index < -0.39 is 16.0 Å². The minimum Gasteiger partial charge on any atom is -0.457 e. The first-order valence-electron chi connectivity index (χ1n) is 10.9. The van der Waals surface area contributed by atoms with Gasteiger partial charge in [0, 0.05) is 24.8 Å². The highest BCUT2D eigenvalue weighted by molar-refractivity contribution is 7.89. The van der Waals surface area contributed by atoms with Gasteiger partial charge in [-0.2, -0.15) is 4.31 Å². The molecule has 0 aliphatic carbocycles. The molecule has 1 aliphatic rings. The Morgan fingerprint density at radius 2 is 1.74 bits per heavy atom. The average molecular weight is 483 g/mol. The molecule has 9 heteroatoms. The number of benzene rings is 2. The van der Waals surface area contributed by atoms with Crippen LogP contribution in [0, 0.1) is 0 Å². The average Bonchev–Trinajstić information content (AvgIpc) is 2.83. The first kappa shape index (κ1) is 23.9. The van der Waals surface area contributed by atoms with Gasteiger partial charge in [-0.25, -0.2) is 13.2 Å². The number of carbonyl (C=O) groups is 1. The number of sulfonamides is 1. The Kier molecular flexibility index (Phi) is 7.26. The van der Waals surface area contributed by atoms with Crippen molar-refractivity contribution in [2.75, 3.05) is 13.1 Å². The zero-order chi connectivity index (χ0) is 24.1. The Hall–Kier alpha value is -3.27. The van der Waals surface area contributed by atoms with Gasteiger partial charge in [0.2, 0.25) is 10.0 Å². The number of ether oxygens (including phenoxy) is 3. The summed E-state index contributed by atoms with van der Waals surface area (Å²) in [5.74, 6) is 0.564. The van der Waals surface area contributed by atoms with Gasteiger partial charge >= 0.3 is 5.97 Å². The standard InChI is InChI=1S/C25H26N2O6S/c1-18-15-27(16-19(2)32-18)34(29,30)23-11-9-20(10-12-23)25(28)31-17-21-6-3-4-8-24(21)33-22-7-5-13-26-14-22/h3-14,18-19H,15-17H2,1-2H3. The molecule has 0 radical (unpaired) electrons. The summed E-state index contributed by atoms with van der Waals surface area (Å²) < 4.78 is 44.3. The van der Waals surface area contributed by atoms with Crippen molar-refractivity contribution in [3.05, 3.63) is 84.2 Å². The van der Waals surface area contributed by atoms with E-state index in [1.54, 1.807) is 36.7 Å². The van der Waals surface area contributed by atoms with Crippen molar-refractivity contribution in [1.29, 1.82) is 0 Å². The highest BCUT2D eigenvalue weighted by atomic mass is 32.2. The van der Waals surface area contributed by atoms with Crippen LogP contribution < -0.4 is 4.74 Å². The molecule has 0 spiro atoms. The molecular weight excluding hydrogens is 456 g/mol. The quantitative estimate of drug-likeness (QED) is 0.469. The maximum absolute atomic E-state index is 13.0. The van der Waals surface area contributed by atoms with Gasteiger partial charge < -0.3 is 14.2 Å². The van der Waals surface area contributed by atoms with Crippen LogP contribution in [0.1, 0.15) is 29.8 Å². The lowest BCUT2D eigenvalue weighted by molar-refractivity contribution is -0.0440. The molecule has 1 saturated heterocycles. The van der Waals surface area contributed by atoms with Gasteiger partial charge in [0.1, 0.15) is 18.1 Å². The van der Waals surface area contributed by atoms with Crippen LogP contribution in [0.2, 0.25) is 0 Å².